The number of carboxylic acid groups (broad SMARTS) is 1. The number of hydrogen-bond donors (Lipinski definition) is 3. The molecule has 0 bridgehead atoms. The van der Waals surface area contributed by atoms with Gasteiger partial charge in [0.25, 0.3) is 5.91 Å². The topological polar surface area (TPSA) is 142 Å². The molecule has 182 valence electrons. The first-order valence-corrected chi connectivity index (χ1v) is 12.6. The molecule has 1 amide bonds. The first kappa shape index (κ1) is 25.3. The van der Waals surface area contributed by atoms with Crippen molar-refractivity contribution in [3.8, 4) is 0 Å². The van der Waals surface area contributed by atoms with E-state index < -0.39 is 45.5 Å². The molecule has 1 aliphatic heterocycles. The minimum absolute atomic E-state index is 0.0150. The summed E-state index contributed by atoms with van der Waals surface area (Å²) in [5, 5.41) is 11.7. The molecular weight excluding hydrogens is 455 g/mol. The Bertz CT molecular complexity index is 975. The lowest BCUT2D eigenvalue weighted by Crippen LogP contribution is -2.56. The second-order valence-corrected chi connectivity index (χ2v) is 10.3. The SMILES string of the molecule is O=C(O)[C@H]1O[C@@H]1C(=O)NC1(C(=O)CCCCCNS(=O)(=O)c2ccc(F)cc2)CCCCC1. The van der Waals surface area contributed by atoms with Crippen molar-refractivity contribution in [1.29, 1.82) is 0 Å². The lowest BCUT2D eigenvalue weighted by molar-refractivity contribution is -0.138. The van der Waals surface area contributed by atoms with Gasteiger partial charge in [-0.2, -0.15) is 0 Å². The van der Waals surface area contributed by atoms with E-state index in [2.05, 4.69) is 10.0 Å². The third-order valence-corrected chi connectivity index (χ3v) is 7.57. The minimum Gasteiger partial charge on any atom is -0.479 e. The molecule has 1 saturated carbocycles. The smallest absolute Gasteiger partial charge is 0.336 e. The number of sulfonamides is 1. The highest BCUT2D eigenvalue weighted by Crippen LogP contribution is 2.32. The van der Waals surface area contributed by atoms with Gasteiger partial charge in [0.1, 0.15) is 5.82 Å². The third kappa shape index (κ3) is 6.58. The van der Waals surface area contributed by atoms with Gasteiger partial charge >= 0.3 is 5.97 Å². The number of halogens is 1. The van der Waals surface area contributed by atoms with Gasteiger partial charge in [-0.25, -0.2) is 22.3 Å². The van der Waals surface area contributed by atoms with Crippen LogP contribution in [0.15, 0.2) is 29.2 Å². The van der Waals surface area contributed by atoms with Gasteiger partial charge in [-0.1, -0.05) is 25.7 Å². The largest absolute Gasteiger partial charge is 0.479 e. The number of aliphatic carboxylic acids is 1. The number of Topliss-reactive ketones (excluding diaryl/α,β-unsaturated/α-hetero) is 1. The molecule has 0 unspecified atom stereocenters. The van der Waals surface area contributed by atoms with Crippen LogP contribution in [0.25, 0.3) is 0 Å². The summed E-state index contributed by atoms with van der Waals surface area (Å²) < 4.78 is 44.7. The molecule has 1 aromatic rings. The normalized spacial score (nSPS) is 21.8. The predicted octanol–water partition coefficient (Wildman–Crippen LogP) is 1.90. The van der Waals surface area contributed by atoms with E-state index in [0.29, 0.717) is 32.1 Å². The first-order valence-electron chi connectivity index (χ1n) is 11.1. The lowest BCUT2D eigenvalue weighted by atomic mass is 9.77. The van der Waals surface area contributed by atoms with Crippen LogP contribution in [0, 0.1) is 5.82 Å². The van der Waals surface area contributed by atoms with Crippen LogP contribution in [0.2, 0.25) is 0 Å². The average molecular weight is 485 g/mol. The van der Waals surface area contributed by atoms with Gasteiger partial charge in [0.15, 0.2) is 18.0 Å². The molecule has 33 heavy (non-hydrogen) atoms. The van der Waals surface area contributed by atoms with Crippen molar-refractivity contribution in [3.63, 3.8) is 0 Å². The summed E-state index contributed by atoms with van der Waals surface area (Å²) in [6, 6.07) is 4.55. The van der Waals surface area contributed by atoms with E-state index in [4.69, 9.17) is 9.84 Å². The summed E-state index contributed by atoms with van der Waals surface area (Å²) in [6.07, 6.45) is 3.28. The molecule has 3 rings (SSSR count). The number of benzene rings is 1. The van der Waals surface area contributed by atoms with Crippen LogP contribution in [-0.2, 0) is 29.1 Å². The number of hydrogen-bond acceptors (Lipinski definition) is 6. The summed E-state index contributed by atoms with van der Waals surface area (Å²) >= 11 is 0. The van der Waals surface area contributed by atoms with Crippen LogP contribution in [-0.4, -0.2) is 55.5 Å². The van der Waals surface area contributed by atoms with Gasteiger partial charge in [0.05, 0.1) is 10.4 Å². The third-order valence-electron chi connectivity index (χ3n) is 6.09. The van der Waals surface area contributed by atoms with Crippen molar-refractivity contribution in [2.24, 2.45) is 0 Å². The number of epoxide rings is 1. The maximum Gasteiger partial charge on any atom is 0.336 e. The van der Waals surface area contributed by atoms with Gasteiger partial charge in [-0.15, -0.1) is 0 Å². The number of amides is 1. The van der Waals surface area contributed by atoms with Crippen molar-refractivity contribution in [2.45, 2.75) is 80.4 Å². The molecule has 1 aliphatic carbocycles. The standard InChI is InChI=1S/C22H29FN2O7S/c23-15-8-10-16(11-9-15)33(30,31)24-14-6-1-3-7-17(26)22(12-4-2-5-13-22)25-20(27)18-19(32-18)21(28)29/h8-11,18-19,24H,1-7,12-14H2,(H,25,27)(H,28,29)/t18-,19-/m0/s1. The molecule has 11 heteroatoms. The van der Waals surface area contributed by atoms with Gasteiger partial charge in [0.2, 0.25) is 10.0 Å². The minimum atomic E-state index is -3.72. The summed E-state index contributed by atoms with van der Waals surface area (Å²) in [4.78, 5) is 36.3. The zero-order valence-electron chi connectivity index (χ0n) is 18.2. The number of rotatable bonds is 12. The van der Waals surface area contributed by atoms with Gasteiger partial charge in [-0.05, 0) is 49.9 Å². The molecule has 3 N–H and O–H groups in total. The van der Waals surface area contributed by atoms with E-state index in [1.54, 1.807) is 0 Å². The quantitative estimate of drug-likeness (QED) is 0.304. The number of ether oxygens (including phenoxy) is 1. The van der Waals surface area contributed by atoms with Crippen LogP contribution in [0.1, 0.15) is 57.8 Å². The van der Waals surface area contributed by atoms with Crippen molar-refractivity contribution in [3.05, 3.63) is 30.1 Å². The Kier molecular flexibility index (Phi) is 8.19. The second kappa shape index (κ2) is 10.7. The Morgan fingerprint density at radius 2 is 1.70 bits per heavy atom. The highest BCUT2D eigenvalue weighted by atomic mass is 32.2. The number of nitrogens with one attached hydrogen (secondary N) is 2. The fourth-order valence-electron chi connectivity index (χ4n) is 4.17. The van der Waals surface area contributed by atoms with E-state index >= 15 is 0 Å². The summed E-state index contributed by atoms with van der Waals surface area (Å²) in [5.74, 6) is -2.37. The molecule has 0 radical (unpaired) electrons. The molecule has 1 saturated heterocycles. The van der Waals surface area contributed by atoms with E-state index in [-0.39, 0.29) is 23.6 Å². The lowest BCUT2D eigenvalue weighted by Gasteiger charge is -2.36. The van der Waals surface area contributed by atoms with E-state index in [0.717, 1.165) is 31.4 Å². The number of ketones is 1. The van der Waals surface area contributed by atoms with Crippen LogP contribution in [0.4, 0.5) is 4.39 Å². The van der Waals surface area contributed by atoms with Crippen LogP contribution < -0.4 is 10.0 Å². The molecule has 2 aliphatic rings. The van der Waals surface area contributed by atoms with Crippen molar-refractivity contribution in [1.82, 2.24) is 10.0 Å². The van der Waals surface area contributed by atoms with Crippen molar-refractivity contribution >= 4 is 27.7 Å². The first-order chi connectivity index (χ1) is 15.6. The molecule has 9 nitrogen and oxygen atoms in total. The van der Waals surface area contributed by atoms with Crippen LogP contribution in [0.5, 0.6) is 0 Å². The Morgan fingerprint density at radius 3 is 2.30 bits per heavy atom. The van der Waals surface area contributed by atoms with E-state index in [1.165, 1.54) is 12.1 Å². The highest BCUT2D eigenvalue weighted by molar-refractivity contribution is 7.89. The van der Waals surface area contributed by atoms with Gasteiger partial charge < -0.3 is 15.2 Å². The van der Waals surface area contributed by atoms with E-state index in [1.807, 2.05) is 0 Å². The monoisotopic (exact) mass is 484 g/mol. The highest BCUT2D eigenvalue weighted by Gasteiger charge is 2.53. The van der Waals surface area contributed by atoms with Gasteiger partial charge in [0, 0.05) is 13.0 Å². The maximum atomic E-state index is 13.0. The van der Waals surface area contributed by atoms with Crippen LogP contribution >= 0.6 is 0 Å². The summed E-state index contributed by atoms with van der Waals surface area (Å²) in [5.41, 5.74) is -0.992. The molecule has 1 aromatic carbocycles. The fourth-order valence-corrected chi connectivity index (χ4v) is 5.24. The molecule has 1 heterocycles. The number of carbonyl (C=O) groups is 3. The Labute approximate surface area is 192 Å². The van der Waals surface area contributed by atoms with E-state index in [9.17, 15) is 27.2 Å². The number of unbranched alkanes of at least 4 members (excludes halogenated alkanes) is 2. The Balaban J connectivity index is 1.43. The number of carboxylic acids is 1. The molecule has 2 fully saturated rings. The molecule has 2 atom stereocenters. The van der Waals surface area contributed by atoms with Crippen molar-refractivity contribution in [2.75, 3.05) is 6.54 Å². The number of carbonyl (C=O) groups excluding carboxylic acids is 2. The summed E-state index contributed by atoms with van der Waals surface area (Å²) in [6.45, 7) is 0.186. The summed E-state index contributed by atoms with van der Waals surface area (Å²) in [7, 11) is -3.72. The maximum absolute atomic E-state index is 13.0. The molecule has 0 aromatic heterocycles. The second-order valence-electron chi connectivity index (χ2n) is 8.53. The van der Waals surface area contributed by atoms with Crippen LogP contribution in [0.3, 0.4) is 0 Å². The zero-order chi connectivity index (χ0) is 24.1. The predicted molar refractivity (Wildman–Crippen MR) is 115 cm³/mol. The Hall–Kier alpha value is -2.37. The van der Waals surface area contributed by atoms with Crippen molar-refractivity contribution < 1.29 is 37.0 Å². The molecular formula is C22H29FN2O7S. The molecule has 0 spiro atoms. The fraction of sp³-hybridized carbons (Fsp3) is 0.591. The zero-order valence-corrected chi connectivity index (χ0v) is 19.0. The average Bonchev–Trinajstić information content (AvgIpc) is 3.58. The Morgan fingerprint density at radius 1 is 1.03 bits per heavy atom. The van der Waals surface area contributed by atoms with Gasteiger partial charge in [-0.3, -0.25) is 9.59 Å².